The summed E-state index contributed by atoms with van der Waals surface area (Å²) in [5.41, 5.74) is 1.31. The molecule has 0 amide bonds. The molecule has 1 N–H and O–H groups in total. The van der Waals surface area contributed by atoms with Crippen LogP contribution in [0.25, 0.3) is 0 Å². The molecule has 0 saturated carbocycles. The van der Waals surface area contributed by atoms with Crippen molar-refractivity contribution in [2.75, 3.05) is 45.2 Å². The molecule has 4 heteroatoms. The zero-order valence-electron chi connectivity index (χ0n) is 13.5. The second-order valence-electron chi connectivity index (χ2n) is 5.44. The molecule has 0 aliphatic carbocycles. The molecule has 1 rings (SSSR count). The molecule has 0 atom stereocenters. The molecule has 0 spiro atoms. The molecule has 0 radical (unpaired) electrons. The molecule has 0 aliphatic heterocycles. The fourth-order valence-corrected chi connectivity index (χ4v) is 2.17. The summed E-state index contributed by atoms with van der Waals surface area (Å²) in [7, 11) is 4.24. The zero-order valence-corrected chi connectivity index (χ0v) is 13.5. The lowest BCUT2D eigenvalue weighted by Gasteiger charge is -2.23. The first-order chi connectivity index (χ1) is 9.67. The third kappa shape index (κ3) is 6.35. The number of pyridine rings is 1. The van der Waals surface area contributed by atoms with Gasteiger partial charge in [0.2, 0.25) is 0 Å². The first kappa shape index (κ1) is 16.9. The van der Waals surface area contributed by atoms with Crippen molar-refractivity contribution in [3.63, 3.8) is 0 Å². The van der Waals surface area contributed by atoms with E-state index in [1.54, 1.807) is 0 Å². The third-order valence-electron chi connectivity index (χ3n) is 3.30. The molecule has 20 heavy (non-hydrogen) atoms. The largest absolute Gasteiger partial charge is 0.357 e. The lowest BCUT2D eigenvalue weighted by molar-refractivity contribution is 0.400. The Morgan fingerprint density at radius 3 is 2.65 bits per heavy atom. The molecule has 0 bridgehead atoms. The lowest BCUT2D eigenvalue weighted by Crippen LogP contribution is -2.28. The van der Waals surface area contributed by atoms with Gasteiger partial charge in [-0.15, -0.1) is 0 Å². The van der Waals surface area contributed by atoms with Gasteiger partial charge in [0.05, 0.1) is 0 Å². The van der Waals surface area contributed by atoms with Gasteiger partial charge in [-0.2, -0.15) is 0 Å². The Morgan fingerprint density at radius 2 is 2.00 bits per heavy atom. The summed E-state index contributed by atoms with van der Waals surface area (Å²) >= 11 is 0. The first-order valence-corrected chi connectivity index (χ1v) is 7.72. The smallest absolute Gasteiger partial charge is 0.128 e. The zero-order chi connectivity index (χ0) is 14.8. The second kappa shape index (κ2) is 9.72. The van der Waals surface area contributed by atoms with Gasteiger partial charge in [0.1, 0.15) is 5.82 Å². The van der Waals surface area contributed by atoms with Crippen LogP contribution in [0, 0.1) is 0 Å². The van der Waals surface area contributed by atoms with Crippen LogP contribution in [-0.2, 0) is 6.54 Å². The highest BCUT2D eigenvalue weighted by molar-refractivity contribution is 5.40. The summed E-state index contributed by atoms with van der Waals surface area (Å²) < 4.78 is 0. The van der Waals surface area contributed by atoms with E-state index in [-0.39, 0.29) is 0 Å². The predicted molar refractivity (Wildman–Crippen MR) is 87.3 cm³/mol. The number of hydrogen-bond donors (Lipinski definition) is 1. The quantitative estimate of drug-likeness (QED) is 0.666. The van der Waals surface area contributed by atoms with Gasteiger partial charge in [-0.25, -0.2) is 4.98 Å². The maximum Gasteiger partial charge on any atom is 0.128 e. The Balaban J connectivity index is 2.55. The fraction of sp³-hybridized carbons (Fsp3) is 0.688. The summed E-state index contributed by atoms with van der Waals surface area (Å²) in [5.74, 6) is 1.10. The van der Waals surface area contributed by atoms with Crippen LogP contribution < -0.4 is 10.2 Å². The van der Waals surface area contributed by atoms with E-state index in [9.17, 15) is 0 Å². The Kier molecular flexibility index (Phi) is 8.23. The highest BCUT2D eigenvalue weighted by atomic mass is 15.2. The summed E-state index contributed by atoms with van der Waals surface area (Å²) in [6.07, 6.45) is 4.26. The number of nitrogens with zero attached hydrogens (tertiary/aromatic N) is 3. The highest BCUT2D eigenvalue weighted by Crippen LogP contribution is 2.13. The fourth-order valence-electron chi connectivity index (χ4n) is 2.17. The van der Waals surface area contributed by atoms with Crippen LogP contribution in [0.1, 0.15) is 32.3 Å². The topological polar surface area (TPSA) is 31.4 Å². The summed E-state index contributed by atoms with van der Waals surface area (Å²) in [6, 6.07) is 4.31. The highest BCUT2D eigenvalue weighted by Gasteiger charge is 2.06. The van der Waals surface area contributed by atoms with Crippen LogP contribution in [0.2, 0.25) is 0 Å². The SMILES string of the molecule is CCCNCc1ccnc(N(CC)CCCN(C)C)c1. The van der Waals surface area contributed by atoms with Gasteiger partial charge in [0.15, 0.2) is 0 Å². The van der Waals surface area contributed by atoms with Crippen molar-refractivity contribution in [3.05, 3.63) is 23.9 Å². The number of anilines is 1. The van der Waals surface area contributed by atoms with Crippen molar-refractivity contribution in [3.8, 4) is 0 Å². The minimum absolute atomic E-state index is 0.929. The standard InChI is InChI=1S/C16H30N4/c1-5-9-17-14-15-8-10-18-16(13-15)20(6-2)12-7-11-19(3)4/h8,10,13,17H,5-7,9,11-12,14H2,1-4H3. The van der Waals surface area contributed by atoms with E-state index >= 15 is 0 Å². The minimum atomic E-state index is 0.929. The Morgan fingerprint density at radius 1 is 1.20 bits per heavy atom. The Hall–Kier alpha value is -1.13. The molecule has 0 aromatic carbocycles. The van der Waals surface area contributed by atoms with Crippen molar-refractivity contribution in [1.82, 2.24) is 15.2 Å². The van der Waals surface area contributed by atoms with Crippen LogP contribution in [0.3, 0.4) is 0 Å². The van der Waals surface area contributed by atoms with Crippen molar-refractivity contribution in [1.29, 1.82) is 0 Å². The number of nitrogens with one attached hydrogen (secondary N) is 1. The molecule has 0 aliphatic rings. The summed E-state index contributed by atoms with van der Waals surface area (Å²) in [5, 5.41) is 3.44. The number of hydrogen-bond acceptors (Lipinski definition) is 4. The van der Waals surface area contributed by atoms with Gasteiger partial charge in [-0.1, -0.05) is 6.92 Å². The Bertz CT molecular complexity index is 365. The van der Waals surface area contributed by atoms with Crippen molar-refractivity contribution in [2.24, 2.45) is 0 Å². The molecule has 4 nitrogen and oxygen atoms in total. The van der Waals surface area contributed by atoms with Gasteiger partial charge in [-0.05, 0) is 64.6 Å². The minimum Gasteiger partial charge on any atom is -0.357 e. The van der Waals surface area contributed by atoms with Crippen molar-refractivity contribution < 1.29 is 0 Å². The van der Waals surface area contributed by atoms with Gasteiger partial charge >= 0.3 is 0 Å². The molecule has 1 aromatic heterocycles. The number of rotatable bonds is 10. The molecule has 0 fully saturated rings. The van der Waals surface area contributed by atoms with Crippen LogP contribution >= 0.6 is 0 Å². The maximum absolute atomic E-state index is 4.52. The van der Waals surface area contributed by atoms with E-state index < -0.39 is 0 Å². The Labute approximate surface area is 124 Å². The van der Waals surface area contributed by atoms with Crippen LogP contribution in [0.4, 0.5) is 5.82 Å². The molecular formula is C16H30N4. The summed E-state index contributed by atoms with van der Waals surface area (Å²) in [6.45, 7) is 9.57. The molecule has 0 saturated heterocycles. The molecule has 1 heterocycles. The second-order valence-corrected chi connectivity index (χ2v) is 5.44. The van der Waals surface area contributed by atoms with Crippen molar-refractivity contribution in [2.45, 2.75) is 33.2 Å². The average molecular weight is 278 g/mol. The molecular weight excluding hydrogens is 248 g/mol. The van der Waals surface area contributed by atoms with Crippen LogP contribution in [-0.4, -0.2) is 50.2 Å². The van der Waals surface area contributed by atoms with E-state index in [0.717, 1.165) is 38.5 Å². The molecule has 1 aromatic rings. The van der Waals surface area contributed by atoms with E-state index in [4.69, 9.17) is 0 Å². The lowest BCUT2D eigenvalue weighted by atomic mass is 10.2. The van der Waals surface area contributed by atoms with E-state index in [0.29, 0.717) is 0 Å². The first-order valence-electron chi connectivity index (χ1n) is 7.72. The maximum atomic E-state index is 4.52. The van der Waals surface area contributed by atoms with E-state index in [1.807, 2.05) is 6.20 Å². The normalized spacial score (nSPS) is 11.1. The van der Waals surface area contributed by atoms with Gasteiger partial charge in [0, 0.05) is 25.8 Å². The molecule has 114 valence electrons. The van der Waals surface area contributed by atoms with E-state index in [2.05, 4.69) is 60.2 Å². The van der Waals surface area contributed by atoms with Gasteiger partial charge < -0.3 is 15.1 Å². The summed E-state index contributed by atoms with van der Waals surface area (Å²) in [4.78, 5) is 9.10. The monoisotopic (exact) mass is 278 g/mol. The number of aromatic nitrogens is 1. The van der Waals surface area contributed by atoms with Gasteiger partial charge in [-0.3, -0.25) is 0 Å². The van der Waals surface area contributed by atoms with Crippen LogP contribution in [0.5, 0.6) is 0 Å². The van der Waals surface area contributed by atoms with Crippen LogP contribution in [0.15, 0.2) is 18.3 Å². The van der Waals surface area contributed by atoms with Crippen molar-refractivity contribution >= 4 is 5.82 Å². The predicted octanol–water partition coefficient (Wildman–Crippen LogP) is 2.36. The average Bonchev–Trinajstić information content (AvgIpc) is 2.44. The van der Waals surface area contributed by atoms with Gasteiger partial charge in [0.25, 0.3) is 0 Å². The van der Waals surface area contributed by atoms with E-state index in [1.165, 1.54) is 18.4 Å². The molecule has 0 unspecified atom stereocenters. The third-order valence-corrected chi connectivity index (χ3v) is 3.30.